The zero-order valence-electron chi connectivity index (χ0n) is 18.6. The maximum atomic E-state index is 13.0. The Morgan fingerprint density at radius 1 is 1.06 bits per heavy atom. The molecule has 0 radical (unpaired) electrons. The van der Waals surface area contributed by atoms with Crippen LogP contribution < -0.4 is 25.1 Å². The van der Waals surface area contributed by atoms with E-state index < -0.39 is 5.56 Å². The number of unbranched alkanes of at least 4 members (excludes halogenated alkanes) is 2. The SMILES string of the molecule is CCCCCOc1ccc(C=c2sc3nc(=O)c(Cc4ccccc4)nn3c2=O)cc1OC. The molecule has 2 aromatic heterocycles. The lowest BCUT2D eigenvalue weighted by Gasteiger charge is -2.11. The van der Waals surface area contributed by atoms with E-state index in [2.05, 4.69) is 17.0 Å². The van der Waals surface area contributed by atoms with Gasteiger partial charge in [-0.25, -0.2) is 0 Å². The molecule has 0 unspecified atom stereocenters. The first-order valence-electron chi connectivity index (χ1n) is 10.9. The van der Waals surface area contributed by atoms with Crippen molar-refractivity contribution in [2.45, 2.75) is 32.6 Å². The molecule has 33 heavy (non-hydrogen) atoms. The Morgan fingerprint density at radius 2 is 1.88 bits per heavy atom. The molecule has 8 heteroatoms. The molecule has 0 N–H and O–H groups in total. The summed E-state index contributed by atoms with van der Waals surface area (Å²) in [7, 11) is 1.59. The highest BCUT2D eigenvalue weighted by Crippen LogP contribution is 2.28. The molecule has 0 aliphatic heterocycles. The minimum absolute atomic E-state index is 0.242. The fourth-order valence-electron chi connectivity index (χ4n) is 3.42. The second-order valence-corrected chi connectivity index (χ2v) is 8.61. The van der Waals surface area contributed by atoms with Crippen LogP contribution in [0.5, 0.6) is 11.5 Å². The van der Waals surface area contributed by atoms with Crippen molar-refractivity contribution in [3.05, 3.63) is 90.6 Å². The van der Waals surface area contributed by atoms with Gasteiger partial charge in [0.05, 0.1) is 18.2 Å². The van der Waals surface area contributed by atoms with Crippen LogP contribution in [0.2, 0.25) is 0 Å². The summed E-state index contributed by atoms with van der Waals surface area (Å²) in [6, 6.07) is 15.0. The third-order valence-electron chi connectivity index (χ3n) is 5.16. The molecule has 0 spiro atoms. The smallest absolute Gasteiger partial charge is 0.296 e. The first-order chi connectivity index (χ1) is 16.1. The van der Waals surface area contributed by atoms with Gasteiger partial charge in [-0.3, -0.25) is 9.59 Å². The normalized spacial score (nSPS) is 11.8. The summed E-state index contributed by atoms with van der Waals surface area (Å²) in [4.78, 5) is 29.8. The molecular formula is C25H25N3O4S. The van der Waals surface area contributed by atoms with Gasteiger partial charge in [0.1, 0.15) is 5.69 Å². The van der Waals surface area contributed by atoms with Crippen molar-refractivity contribution in [3.63, 3.8) is 0 Å². The van der Waals surface area contributed by atoms with Crippen LogP contribution >= 0.6 is 11.3 Å². The van der Waals surface area contributed by atoms with E-state index in [0.717, 1.165) is 41.7 Å². The molecule has 4 aromatic rings. The van der Waals surface area contributed by atoms with Crippen LogP contribution in [-0.2, 0) is 6.42 Å². The van der Waals surface area contributed by atoms with Crippen LogP contribution in [0.1, 0.15) is 43.0 Å². The Bertz CT molecular complexity index is 1410. The Hall–Kier alpha value is -3.52. The van der Waals surface area contributed by atoms with Crippen molar-refractivity contribution in [2.24, 2.45) is 0 Å². The molecule has 0 aliphatic carbocycles. The lowest BCUT2D eigenvalue weighted by molar-refractivity contribution is 0.286. The molecule has 0 saturated carbocycles. The standard InChI is InChI=1S/C25H25N3O4S/c1-3-4-8-13-32-20-12-11-18(15-21(20)31-2)16-22-24(30)28-25(33-22)26-23(29)19(27-28)14-17-9-6-5-7-10-17/h5-7,9-12,15-16H,3-4,8,13-14H2,1-2H3. The maximum absolute atomic E-state index is 13.0. The lowest BCUT2D eigenvalue weighted by Crippen LogP contribution is -2.28. The van der Waals surface area contributed by atoms with Gasteiger partial charge in [0.15, 0.2) is 11.5 Å². The number of hydrogen-bond acceptors (Lipinski definition) is 7. The van der Waals surface area contributed by atoms with Gasteiger partial charge in [0, 0.05) is 6.42 Å². The number of thiazole rings is 1. The number of aromatic nitrogens is 3. The highest BCUT2D eigenvalue weighted by Gasteiger charge is 2.12. The second-order valence-electron chi connectivity index (χ2n) is 7.60. The summed E-state index contributed by atoms with van der Waals surface area (Å²) in [6.07, 6.45) is 5.30. The molecular weight excluding hydrogens is 438 g/mol. The monoisotopic (exact) mass is 463 g/mol. The van der Waals surface area contributed by atoms with E-state index in [0.29, 0.717) is 29.1 Å². The maximum Gasteiger partial charge on any atom is 0.296 e. The topological polar surface area (TPSA) is 82.8 Å². The molecule has 0 saturated heterocycles. The number of methoxy groups -OCH3 is 1. The minimum atomic E-state index is -0.419. The minimum Gasteiger partial charge on any atom is -0.493 e. The summed E-state index contributed by atoms with van der Waals surface area (Å²) in [5.41, 5.74) is 1.23. The second kappa shape index (κ2) is 10.4. The van der Waals surface area contributed by atoms with Crippen LogP contribution in [0.25, 0.3) is 11.0 Å². The predicted molar refractivity (Wildman–Crippen MR) is 129 cm³/mol. The lowest BCUT2D eigenvalue weighted by atomic mass is 10.1. The summed E-state index contributed by atoms with van der Waals surface area (Å²) >= 11 is 1.13. The molecule has 0 atom stereocenters. The summed E-state index contributed by atoms with van der Waals surface area (Å²) in [5.74, 6) is 1.27. The number of nitrogens with zero attached hydrogens (tertiary/aromatic N) is 3. The number of rotatable bonds is 9. The Balaban J connectivity index is 1.65. The van der Waals surface area contributed by atoms with Gasteiger partial charge in [0.25, 0.3) is 11.1 Å². The van der Waals surface area contributed by atoms with Gasteiger partial charge in [-0.1, -0.05) is 67.5 Å². The fraction of sp³-hybridized carbons (Fsp3) is 0.280. The molecule has 7 nitrogen and oxygen atoms in total. The van der Waals surface area contributed by atoms with Crippen LogP contribution in [0.3, 0.4) is 0 Å². The Kier molecular flexibility index (Phi) is 7.14. The van der Waals surface area contributed by atoms with E-state index >= 15 is 0 Å². The summed E-state index contributed by atoms with van der Waals surface area (Å²) in [5, 5.41) is 4.30. The molecule has 2 heterocycles. The quantitative estimate of drug-likeness (QED) is 0.355. The zero-order valence-corrected chi connectivity index (χ0v) is 19.4. The zero-order chi connectivity index (χ0) is 23.2. The van der Waals surface area contributed by atoms with Crippen LogP contribution in [0.4, 0.5) is 0 Å². The third kappa shape index (κ3) is 5.28. The van der Waals surface area contributed by atoms with E-state index in [-0.39, 0.29) is 16.2 Å². The van der Waals surface area contributed by atoms with Crippen molar-refractivity contribution in [2.75, 3.05) is 13.7 Å². The van der Waals surface area contributed by atoms with E-state index in [1.165, 1.54) is 4.52 Å². The van der Waals surface area contributed by atoms with Gasteiger partial charge in [-0.15, -0.1) is 0 Å². The first-order valence-corrected chi connectivity index (χ1v) is 11.7. The Morgan fingerprint density at radius 3 is 2.64 bits per heavy atom. The largest absolute Gasteiger partial charge is 0.493 e. The van der Waals surface area contributed by atoms with Crippen LogP contribution in [0.15, 0.2) is 58.1 Å². The van der Waals surface area contributed by atoms with E-state index in [9.17, 15) is 9.59 Å². The molecule has 0 fully saturated rings. The van der Waals surface area contributed by atoms with Crippen LogP contribution in [-0.4, -0.2) is 28.3 Å². The third-order valence-corrected chi connectivity index (χ3v) is 6.11. The summed E-state index contributed by atoms with van der Waals surface area (Å²) in [6.45, 7) is 2.78. The van der Waals surface area contributed by atoms with E-state index in [4.69, 9.17) is 9.47 Å². The van der Waals surface area contributed by atoms with Gasteiger partial charge >= 0.3 is 0 Å². The van der Waals surface area contributed by atoms with Gasteiger partial charge in [0.2, 0.25) is 4.96 Å². The van der Waals surface area contributed by atoms with Gasteiger partial charge < -0.3 is 9.47 Å². The number of fused-ring (bicyclic) bond motifs is 1. The highest BCUT2D eigenvalue weighted by atomic mass is 32.1. The van der Waals surface area contributed by atoms with Crippen molar-refractivity contribution in [1.29, 1.82) is 0 Å². The summed E-state index contributed by atoms with van der Waals surface area (Å²) < 4.78 is 12.9. The fourth-order valence-corrected chi connectivity index (χ4v) is 4.32. The first kappa shape index (κ1) is 22.7. The van der Waals surface area contributed by atoms with Crippen molar-refractivity contribution < 1.29 is 9.47 Å². The van der Waals surface area contributed by atoms with Crippen molar-refractivity contribution >= 4 is 22.4 Å². The van der Waals surface area contributed by atoms with E-state index in [1.807, 2.05) is 48.5 Å². The van der Waals surface area contributed by atoms with E-state index in [1.54, 1.807) is 13.2 Å². The molecule has 0 amide bonds. The molecule has 4 rings (SSSR count). The molecule has 170 valence electrons. The molecule has 0 aliphatic rings. The molecule has 0 bridgehead atoms. The van der Waals surface area contributed by atoms with Crippen molar-refractivity contribution in [3.8, 4) is 11.5 Å². The van der Waals surface area contributed by atoms with Gasteiger partial charge in [-0.05, 0) is 35.8 Å². The number of benzene rings is 2. The Labute approximate surface area is 195 Å². The molecule has 2 aromatic carbocycles. The van der Waals surface area contributed by atoms with Crippen LogP contribution in [0, 0.1) is 0 Å². The van der Waals surface area contributed by atoms with Gasteiger partial charge in [-0.2, -0.15) is 14.6 Å². The predicted octanol–water partition coefficient (Wildman–Crippen LogP) is 3.23. The number of ether oxygens (including phenoxy) is 2. The highest BCUT2D eigenvalue weighted by molar-refractivity contribution is 7.15. The number of hydrogen-bond donors (Lipinski definition) is 0. The average molecular weight is 464 g/mol. The van der Waals surface area contributed by atoms with Crippen molar-refractivity contribution in [1.82, 2.24) is 14.6 Å². The average Bonchev–Trinajstić information content (AvgIpc) is 3.12.